The molecule has 1 amide bonds. The summed E-state index contributed by atoms with van der Waals surface area (Å²) in [5.41, 5.74) is 0.854. The Balaban J connectivity index is 1.96. The molecule has 0 unspecified atom stereocenters. The third-order valence-electron chi connectivity index (χ3n) is 3.04. The quantitative estimate of drug-likeness (QED) is 0.717. The number of anilines is 1. The third kappa shape index (κ3) is 3.53. The van der Waals surface area contributed by atoms with Crippen LogP contribution in [0, 0.1) is 0 Å². The number of hydrogen-bond donors (Lipinski definition) is 1. The number of hydrogen-bond acceptors (Lipinski definition) is 5. The van der Waals surface area contributed by atoms with E-state index in [0.717, 1.165) is 10.2 Å². The van der Waals surface area contributed by atoms with Crippen LogP contribution in [0.15, 0.2) is 41.3 Å². The fraction of sp³-hybridized carbons (Fsp3) is 0.250. The molecule has 0 fully saturated rings. The van der Waals surface area contributed by atoms with Gasteiger partial charge >= 0.3 is 6.09 Å². The lowest BCUT2D eigenvalue weighted by molar-refractivity contribution is 0.0635. The molecular weight excluding hydrogens is 374 g/mol. The normalized spacial score (nSPS) is 11.5. The topological polar surface area (TPSA) is 81.9 Å². The maximum Gasteiger partial charge on any atom is 0.413 e. The van der Waals surface area contributed by atoms with Crippen molar-refractivity contribution in [2.24, 2.45) is 0 Å². The van der Waals surface area contributed by atoms with E-state index in [1.54, 1.807) is 31.6 Å². The van der Waals surface area contributed by atoms with Crippen molar-refractivity contribution in [2.75, 3.05) is 5.32 Å². The summed E-state index contributed by atoms with van der Waals surface area (Å²) in [6, 6.07) is 7.68. The van der Waals surface area contributed by atoms with Gasteiger partial charge < -0.3 is 4.74 Å². The predicted molar refractivity (Wildman–Crippen MR) is 94.2 cm³/mol. The molecular formula is C16H16BrN5O2. The third-order valence-corrected chi connectivity index (χ3v) is 3.53. The monoisotopic (exact) mass is 389 g/mol. The van der Waals surface area contributed by atoms with E-state index in [-0.39, 0.29) is 0 Å². The van der Waals surface area contributed by atoms with E-state index in [2.05, 4.69) is 36.3 Å². The van der Waals surface area contributed by atoms with Gasteiger partial charge in [-0.1, -0.05) is 22.0 Å². The zero-order valence-corrected chi connectivity index (χ0v) is 15.0. The van der Waals surface area contributed by atoms with Gasteiger partial charge in [-0.05, 0) is 39.0 Å². The molecule has 3 aromatic rings. The second-order valence-corrected chi connectivity index (χ2v) is 7.04. The van der Waals surface area contributed by atoms with Crippen LogP contribution < -0.4 is 5.32 Å². The van der Waals surface area contributed by atoms with Gasteiger partial charge in [-0.15, -0.1) is 0 Å². The van der Waals surface area contributed by atoms with Crippen LogP contribution in [0.5, 0.6) is 0 Å². The number of carbonyl (C=O) groups is 1. The Bertz CT molecular complexity index is 901. The van der Waals surface area contributed by atoms with Crippen molar-refractivity contribution >= 4 is 38.9 Å². The van der Waals surface area contributed by atoms with Crippen LogP contribution in [0.25, 0.3) is 16.7 Å². The van der Waals surface area contributed by atoms with Crippen molar-refractivity contribution in [2.45, 2.75) is 26.4 Å². The SMILES string of the molecule is CC(C)(C)OC(=O)Nc1ncnc2c1cnn2-c1cccc(Br)c1. The van der Waals surface area contributed by atoms with Gasteiger partial charge in [0.15, 0.2) is 5.65 Å². The standard InChI is InChI=1S/C16H16BrN5O2/c1-16(2,3)24-15(23)21-13-12-8-20-22(14(12)19-9-18-13)11-6-4-5-10(17)7-11/h4-9H,1-3H3,(H,18,19,21,23). The summed E-state index contributed by atoms with van der Waals surface area (Å²) in [5.74, 6) is 0.357. The molecule has 0 aliphatic rings. The number of aromatic nitrogens is 4. The summed E-state index contributed by atoms with van der Waals surface area (Å²) in [6.07, 6.45) is 2.42. The molecule has 0 spiro atoms. The summed E-state index contributed by atoms with van der Waals surface area (Å²) in [5, 5.41) is 7.62. The minimum atomic E-state index is -0.587. The van der Waals surface area contributed by atoms with Crippen LogP contribution in [0.1, 0.15) is 20.8 Å². The lowest BCUT2D eigenvalue weighted by Gasteiger charge is -2.19. The summed E-state index contributed by atoms with van der Waals surface area (Å²) >= 11 is 3.44. The number of ether oxygens (including phenoxy) is 1. The Morgan fingerprint density at radius 2 is 2.08 bits per heavy atom. The van der Waals surface area contributed by atoms with Gasteiger partial charge in [-0.2, -0.15) is 5.10 Å². The minimum absolute atomic E-state index is 0.357. The Morgan fingerprint density at radius 1 is 1.29 bits per heavy atom. The zero-order valence-electron chi connectivity index (χ0n) is 13.4. The van der Waals surface area contributed by atoms with Crippen molar-refractivity contribution in [3.63, 3.8) is 0 Å². The molecule has 7 nitrogen and oxygen atoms in total. The maximum atomic E-state index is 12.0. The Morgan fingerprint density at radius 3 is 2.79 bits per heavy atom. The number of halogens is 1. The molecule has 2 aromatic heterocycles. The molecule has 0 bridgehead atoms. The molecule has 0 saturated heterocycles. The van der Waals surface area contributed by atoms with Gasteiger partial charge in [0.25, 0.3) is 0 Å². The highest BCUT2D eigenvalue weighted by Crippen LogP contribution is 2.23. The minimum Gasteiger partial charge on any atom is -0.444 e. The molecule has 0 saturated carbocycles. The van der Waals surface area contributed by atoms with Crippen LogP contribution in [0.4, 0.5) is 10.6 Å². The molecule has 0 aliphatic carbocycles. The predicted octanol–water partition coefficient (Wildman–Crippen LogP) is 3.93. The van der Waals surface area contributed by atoms with Crippen LogP contribution in [-0.4, -0.2) is 31.4 Å². The smallest absolute Gasteiger partial charge is 0.413 e. The van der Waals surface area contributed by atoms with Crippen LogP contribution in [-0.2, 0) is 4.74 Å². The number of amides is 1. The number of nitrogens with one attached hydrogen (secondary N) is 1. The molecule has 1 aromatic carbocycles. The molecule has 0 atom stereocenters. The largest absolute Gasteiger partial charge is 0.444 e. The highest BCUT2D eigenvalue weighted by Gasteiger charge is 2.18. The first kappa shape index (κ1) is 16.4. The average Bonchev–Trinajstić information content (AvgIpc) is 2.90. The maximum absolute atomic E-state index is 12.0. The number of fused-ring (bicyclic) bond motifs is 1. The summed E-state index contributed by atoms with van der Waals surface area (Å²) in [7, 11) is 0. The van der Waals surface area contributed by atoms with Crippen molar-refractivity contribution in [1.29, 1.82) is 0 Å². The first-order chi connectivity index (χ1) is 11.3. The Kier molecular flexibility index (Phi) is 4.23. The van der Waals surface area contributed by atoms with E-state index in [0.29, 0.717) is 16.9 Å². The molecule has 124 valence electrons. The molecule has 8 heteroatoms. The first-order valence-corrected chi connectivity index (χ1v) is 8.07. The molecule has 0 aliphatic heterocycles. The summed E-state index contributed by atoms with van der Waals surface area (Å²) in [4.78, 5) is 20.4. The van der Waals surface area contributed by atoms with Crippen LogP contribution in [0.3, 0.4) is 0 Å². The summed E-state index contributed by atoms with van der Waals surface area (Å²) < 4.78 is 7.87. The summed E-state index contributed by atoms with van der Waals surface area (Å²) in [6.45, 7) is 5.40. The molecule has 0 radical (unpaired) electrons. The highest BCUT2D eigenvalue weighted by atomic mass is 79.9. The molecule has 24 heavy (non-hydrogen) atoms. The van der Waals surface area contributed by atoms with Crippen molar-refractivity contribution in [1.82, 2.24) is 19.7 Å². The highest BCUT2D eigenvalue weighted by molar-refractivity contribution is 9.10. The average molecular weight is 390 g/mol. The van der Waals surface area contributed by atoms with Gasteiger partial charge in [0.1, 0.15) is 17.7 Å². The van der Waals surface area contributed by atoms with E-state index >= 15 is 0 Å². The zero-order chi connectivity index (χ0) is 17.3. The number of nitrogens with zero attached hydrogens (tertiary/aromatic N) is 4. The molecule has 3 rings (SSSR count). The number of benzene rings is 1. The van der Waals surface area contributed by atoms with Gasteiger partial charge in [-0.3, -0.25) is 5.32 Å². The van der Waals surface area contributed by atoms with Gasteiger partial charge in [-0.25, -0.2) is 19.4 Å². The van der Waals surface area contributed by atoms with E-state index in [9.17, 15) is 4.79 Å². The second-order valence-electron chi connectivity index (χ2n) is 6.12. The first-order valence-electron chi connectivity index (χ1n) is 7.28. The van der Waals surface area contributed by atoms with Crippen molar-refractivity contribution in [3.8, 4) is 5.69 Å². The lowest BCUT2D eigenvalue weighted by atomic mass is 10.2. The van der Waals surface area contributed by atoms with E-state index in [1.807, 2.05) is 24.3 Å². The number of carbonyl (C=O) groups excluding carboxylic acids is 1. The van der Waals surface area contributed by atoms with Crippen molar-refractivity contribution < 1.29 is 9.53 Å². The number of rotatable bonds is 2. The van der Waals surface area contributed by atoms with E-state index in [4.69, 9.17) is 4.74 Å². The molecule has 1 N–H and O–H groups in total. The van der Waals surface area contributed by atoms with E-state index < -0.39 is 11.7 Å². The second kappa shape index (κ2) is 6.20. The van der Waals surface area contributed by atoms with Gasteiger partial charge in [0, 0.05) is 4.47 Å². The Labute approximate surface area is 147 Å². The lowest BCUT2D eigenvalue weighted by Crippen LogP contribution is -2.27. The van der Waals surface area contributed by atoms with Crippen LogP contribution >= 0.6 is 15.9 Å². The molecule has 2 heterocycles. The fourth-order valence-electron chi connectivity index (χ4n) is 2.14. The van der Waals surface area contributed by atoms with Gasteiger partial charge in [0.2, 0.25) is 0 Å². The van der Waals surface area contributed by atoms with Crippen LogP contribution in [0.2, 0.25) is 0 Å². The van der Waals surface area contributed by atoms with Gasteiger partial charge in [0.05, 0.1) is 17.3 Å². The van der Waals surface area contributed by atoms with Crippen molar-refractivity contribution in [3.05, 3.63) is 41.3 Å². The van der Waals surface area contributed by atoms with E-state index in [1.165, 1.54) is 6.33 Å². The fourth-order valence-corrected chi connectivity index (χ4v) is 2.53. The Hall–Kier alpha value is -2.48.